The van der Waals surface area contributed by atoms with E-state index in [1.54, 1.807) is 0 Å². The van der Waals surface area contributed by atoms with Crippen molar-refractivity contribution >= 4 is 5.97 Å². The van der Waals surface area contributed by atoms with Crippen molar-refractivity contribution < 1.29 is 13.9 Å². The number of carbonyl (C=O) groups is 1. The van der Waals surface area contributed by atoms with Gasteiger partial charge >= 0.3 is 5.97 Å². The number of nitriles is 2. The maximum atomic E-state index is 13.9. The molecule has 5 heteroatoms. The Balaban J connectivity index is 1.45. The summed E-state index contributed by atoms with van der Waals surface area (Å²) < 4.78 is 19.6. The molecule has 0 aromatic heterocycles. The zero-order valence-corrected chi connectivity index (χ0v) is 15.9. The maximum Gasteiger partial charge on any atom is 0.309 e. The summed E-state index contributed by atoms with van der Waals surface area (Å²) in [5.74, 6) is 0.00410. The molecule has 0 unspecified atom stereocenters. The van der Waals surface area contributed by atoms with Gasteiger partial charge in [-0.25, -0.2) is 4.39 Å². The molecule has 0 amide bonds. The summed E-state index contributed by atoms with van der Waals surface area (Å²) in [7, 11) is 0. The average Bonchev–Trinajstić information content (AvgIpc) is 2.73. The van der Waals surface area contributed by atoms with Crippen molar-refractivity contribution in [2.45, 2.75) is 63.4 Å². The van der Waals surface area contributed by atoms with E-state index in [9.17, 15) is 9.18 Å². The summed E-state index contributed by atoms with van der Waals surface area (Å²) in [5, 5.41) is 17.4. The molecule has 0 heterocycles. The van der Waals surface area contributed by atoms with Crippen LogP contribution < -0.4 is 0 Å². The van der Waals surface area contributed by atoms with E-state index in [-0.39, 0.29) is 29.5 Å². The van der Waals surface area contributed by atoms with E-state index in [0.29, 0.717) is 5.92 Å². The third-order valence-corrected chi connectivity index (χ3v) is 6.09. The highest BCUT2D eigenvalue weighted by molar-refractivity contribution is 5.72. The summed E-state index contributed by atoms with van der Waals surface area (Å²) in [5.41, 5.74) is 0.978. The van der Waals surface area contributed by atoms with Crippen LogP contribution in [0.1, 0.15) is 68.4 Å². The molecule has 2 saturated carbocycles. The van der Waals surface area contributed by atoms with E-state index in [1.165, 1.54) is 18.2 Å². The third-order valence-electron chi connectivity index (χ3n) is 6.09. The molecular weight excluding hydrogens is 355 g/mol. The Morgan fingerprint density at radius 2 is 1.79 bits per heavy atom. The molecule has 0 saturated heterocycles. The number of halogens is 1. The van der Waals surface area contributed by atoms with Crippen LogP contribution in [0, 0.1) is 40.3 Å². The Morgan fingerprint density at radius 1 is 1.07 bits per heavy atom. The number of benzene rings is 1. The van der Waals surface area contributed by atoms with Crippen LogP contribution in [-0.2, 0) is 9.53 Å². The first kappa shape index (κ1) is 20.1. The predicted octanol–water partition coefficient (Wildman–Crippen LogP) is 5.15. The van der Waals surface area contributed by atoms with Crippen molar-refractivity contribution in [1.82, 2.24) is 0 Å². The lowest BCUT2D eigenvalue weighted by Crippen LogP contribution is -2.29. The van der Waals surface area contributed by atoms with E-state index in [0.717, 1.165) is 56.9 Å². The van der Waals surface area contributed by atoms with Crippen LogP contribution in [-0.4, -0.2) is 12.1 Å². The quantitative estimate of drug-likeness (QED) is 0.535. The van der Waals surface area contributed by atoms with E-state index < -0.39 is 5.82 Å². The molecule has 0 spiro atoms. The summed E-state index contributed by atoms with van der Waals surface area (Å²) in [6.45, 7) is 0. The minimum absolute atomic E-state index is 0.00965. The van der Waals surface area contributed by atoms with Crippen LogP contribution >= 0.6 is 0 Å². The molecule has 2 aliphatic rings. The fraction of sp³-hybridized carbons (Fsp3) is 0.522. The van der Waals surface area contributed by atoms with Crippen LogP contribution in [0.25, 0.3) is 0 Å². The number of rotatable bonds is 4. The summed E-state index contributed by atoms with van der Waals surface area (Å²) in [6.07, 6.45) is 10.3. The fourth-order valence-corrected chi connectivity index (χ4v) is 4.38. The predicted molar refractivity (Wildman–Crippen MR) is 102 cm³/mol. The maximum absolute atomic E-state index is 13.9. The monoisotopic (exact) mass is 380 g/mol. The van der Waals surface area contributed by atoms with Crippen LogP contribution in [0.15, 0.2) is 30.4 Å². The molecular formula is C23H25FN2O2. The largest absolute Gasteiger partial charge is 0.462 e. The van der Waals surface area contributed by atoms with Crippen molar-refractivity contribution in [2.24, 2.45) is 11.8 Å². The Morgan fingerprint density at radius 3 is 2.39 bits per heavy atom. The highest BCUT2D eigenvalue weighted by atomic mass is 19.1. The van der Waals surface area contributed by atoms with E-state index in [1.807, 2.05) is 24.3 Å². The van der Waals surface area contributed by atoms with Gasteiger partial charge < -0.3 is 4.74 Å². The molecule has 1 aromatic carbocycles. The molecule has 0 atom stereocenters. The van der Waals surface area contributed by atoms with E-state index >= 15 is 0 Å². The standard InChI is InChI=1S/C23H25FN2O2/c24-22-14-19(9-10-20(22)15-26)17-5-7-18(8-6-17)23(27)28-21-11-3-16(4-12-21)2-1-13-25/h1-2,9-10,14,16-18,21H,3-8,11-12H2/b2-1+/t16?,17-,18-,21?. The van der Waals surface area contributed by atoms with Gasteiger partial charge in [-0.15, -0.1) is 0 Å². The highest BCUT2D eigenvalue weighted by Gasteiger charge is 2.31. The van der Waals surface area contributed by atoms with Crippen molar-refractivity contribution in [3.05, 3.63) is 47.3 Å². The second kappa shape index (κ2) is 9.51. The summed E-state index contributed by atoms with van der Waals surface area (Å²) >= 11 is 0. The van der Waals surface area contributed by atoms with Crippen LogP contribution in [0.5, 0.6) is 0 Å². The number of carbonyl (C=O) groups excluding carboxylic acids is 1. The van der Waals surface area contributed by atoms with Crippen LogP contribution in [0.4, 0.5) is 4.39 Å². The SMILES string of the molecule is N#C/C=C/C1CCC(OC(=O)[C@H]2CC[C@H](c3ccc(C#N)c(F)c3)CC2)CC1. The average molecular weight is 380 g/mol. The molecule has 2 fully saturated rings. The smallest absolute Gasteiger partial charge is 0.309 e. The molecule has 146 valence electrons. The molecule has 3 rings (SSSR count). The van der Waals surface area contributed by atoms with Crippen molar-refractivity contribution in [1.29, 1.82) is 10.5 Å². The van der Waals surface area contributed by atoms with Gasteiger partial charge in [0.25, 0.3) is 0 Å². The number of hydrogen-bond donors (Lipinski definition) is 0. The van der Waals surface area contributed by atoms with Gasteiger partial charge in [0, 0.05) is 6.08 Å². The van der Waals surface area contributed by atoms with Crippen molar-refractivity contribution in [3.8, 4) is 12.1 Å². The van der Waals surface area contributed by atoms with Gasteiger partial charge in [0.1, 0.15) is 18.0 Å². The molecule has 2 aliphatic carbocycles. The van der Waals surface area contributed by atoms with Gasteiger partial charge in [0.15, 0.2) is 0 Å². The first-order valence-electron chi connectivity index (χ1n) is 10.1. The Kier molecular flexibility index (Phi) is 6.82. The van der Waals surface area contributed by atoms with Crippen molar-refractivity contribution in [3.63, 3.8) is 0 Å². The van der Waals surface area contributed by atoms with Crippen LogP contribution in [0.2, 0.25) is 0 Å². The van der Waals surface area contributed by atoms with Gasteiger partial charge in [0.2, 0.25) is 0 Å². The van der Waals surface area contributed by atoms with E-state index in [2.05, 4.69) is 0 Å². The summed E-state index contributed by atoms with van der Waals surface area (Å²) in [6, 6.07) is 8.69. The van der Waals surface area contributed by atoms with Gasteiger partial charge in [0.05, 0.1) is 17.6 Å². The molecule has 1 aromatic rings. The first-order valence-corrected chi connectivity index (χ1v) is 10.1. The normalized spacial score (nSPS) is 27.7. The number of hydrogen-bond acceptors (Lipinski definition) is 4. The second-order valence-corrected chi connectivity index (χ2v) is 7.86. The van der Waals surface area contributed by atoms with Crippen LogP contribution in [0.3, 0.4) is 0 Å². The second-order valence-electron chi connectivity index (χ2n) is 7.86. The fourth-order valence-electron chi connectivity index (χ4n) is 4.38. The van der Waals surface area contributed by atoms with Gasteiger partial charge in [-0.2, -0.15) is 10.5 Å². The molecule has 0 aliphatic heterocycles. The number of ether oxygens (including phenoxy) is 1. The lowest BCUT2D eigenvalue weighted by Gasteiger charge is -2.31. The topological polar surface area (TPSA) is 73.9 Å². The molecule has 0 radical (unpaired) electrons. The lowest BCUT2D eigenvalue weighted by atomic mass is 9.78. The van der Waals surface area contributed by atoms with Crippen molar-refractivity contribution in [2.75, 3.05) is 0 Å². The third kappa shape index (κ3) is 4.98. The number of allylic oxidation sites excluding steroid dienone is 2. The molecule has 4 nitrogen and oxygen atoms in total. The van der Waals surface area contributed by atoms with E-state index in [4.69, 9.17) is 15.3 Å². The minimum Gasteiger partial charge on any atom is -0.462 e. The molecule has 0 N–H and O–H groups in total. The van der Waals surface area contributed by atoms with Gasteiger partial charge in [-0.3, -0.25) is 4.79 Å². The number of esters is 1. The Labute approximate surface area is 165 Å². The number of nitrogens with zero attached hydrogens (tertiary/aromatic N) is 2. The highest BCUT2D eigenvalue weighted by Crippen LogP contribution is 2.37. The Hall–Kier alpha value is -2.66. The Bertz CT molecular complexity index is 805. The summed E-state index contributed by atoms with van der Waals surface area (Å²) in [4.78, 5) is 12.5. The van der Waals surface area contributed by atoms with Gasteiger partial charge in [-0.1, -0.05) is 12.1 Å². The zero-order valence-electron chi connectivity index (χ0n) is 15.9. The lowest BCUT2D eigenvalue weighted by molar-refractivity contribution is -0.157. The first-order chi connectivity index (χ1) is 13.6. The molecule has 28 heavy (non-hydrogen) atoms. The van der Waals surface area contributed by atoms with Gasteiger partial charge in [-0.05, 0) is 80.9 Å². The zero-order chi connectivity index (χ0) is 19.9. The minimum atomic E-state index is -0.471. The molecule has 0 bridgehead atoms.